The predicted octanol–water partition coefficient (Wildman–Crippen LogP) is 2.59. The van der Waals surface area contributed by atoms with Crippen LogP contribution in [-0.2, 0) is 14.8 Å². The molecular weight excluding hydrogens is 380 g/mol. The van der Waals surface area contributed by atoms with Crippen molar-refractivity contribution in [2.75, 3.05) is 32.8 Å². The quantitative estimate of drug-likeness (QED) is 0.783. The number of hydrogen-bond acceptors (Lipinski definition) is 5. The van der Waals surface area contributed by atoms with E-state index >= 15 is 0 Å². The normalized spacial score (nSPS) is 21.2. The maximum atomic E-state index is 13.3. The van der Waals surface area contributed by atoms with Crippen LogP contribution in [0, 0.1) is 6.92 Å². The van der Waals surface area contributed by atoms with E-state index in [-0.39, 0.29) is 16.8 Å². The lowest BCUT2D eigenvalue weighted by Crippen LogP contribution is -2.40. The van der Waals surface area contributed by atoms with Crippen molar-refractivity contribution in [3.8, 4) is 0 Å². The molecule has 1 aromatic carbocycles. The number of furan rings is 1. The molecule has 4 rings (SSSR count). The van der Waals surface area contributed by atoms with E-state index < -0.39 is 10.0 Å². The molecule has 0 N–H and O–H groups in total. The molecule has 1 atom stereocenters. The Bertz CT molecular complexity index is 949. The van der Waals surface area contributed by atoms with E-state index in [1.165, 1.54) is 10.4 Å². The standard InChI is InChI=1S/C20H24N2O5S/c1-15-6-7-16(28(24,25)21-9-12-26-13-10-21)14-17(15)20(23)22-8-2-4-18(22)19-5-3-11-27-19/h3,5-7,11,14,18H,2,4,8-10,12-13H2,1H3. The van der Waals surface area contributed by atoms with E-state index in [4.69, 9.17) is 9.15 Å². The lowest BCUT2D eigenvalue weighted by molar-refractivity contribution is 0.0717. The Morgan fingerprint density at radius 2 is 1.93 bits per heavy atom. The zero-order chi connectivity index (χ0) is 19.7. The van der Waals surface area contributed by atoms with Crippen LogP contribution in [0.1, 0.15) is 40.6 Å². The van der Waals surface area contributed by atoms with Crippen LogP contribution in [0.5, 0.6) is 0 Å². The Morgan fingerprint density at radius 1 is 1.14 bits per heavy atom. The van der Waals surface area contributed by atoms with Gasteiger partial charge in [-0.15, -0.1) is 0 Å². The Labute approximate surface area is 164 Å². The molecule has 150 valence electrons. The zero-order valence-electron chi connectivity index (χ0n) is 15.8. The minimum atomic E-state index is -3.65. The Hall–Kier alpha value is -2.16. The van der Waals surface area contributed by atoms with E-state index in [0.717, 1.165) is 24.2 Å². The summed E-state index contributed by atoms with van der Waals surface area (Å²) in [5, 5.41) is 0. The molecule has 1 aromatic heterocycles. The molecule has 1 amide bonds. The van der Waals surface area contributed by atoms with Gasteiger partial charge in [0.25, 0.3) is 5.91 Å². The third-order valence-electron chi connectivity index (χ3n) is 5.43. The van der Waals surface area contributed by atoms with Crippen molar-refractivity contribution in [2.45, 2.75) is 30.7 Å². The SMILES string of the molecule is Cc1ccc(S(=O)(=O)N2CCOCC2)cc1C(=O)N1CCCC1c1ccco1. The van der Waals surface area contributed by atoms with E-state index in [9.17, 15) is 13.2 Å². The van der Waals surface area contributed by atoms with E-state index in [2.05, 4.69) is 0 Å². The fourth-order valence-electron chi connectivity index (χ4n) is 3.87. The second-order valence-corrected chi connectivity index (χ2v) is 9.10. The summed E-state index contributed by atoms with van der Waals surface area (Å²) in [6, 6.07) is 8.38. The Morgan fingerprint density at radius 3 is 2.64 bits per heavy atom. The third-order valence-corrected chi connectivity index (χ3v) is 7.33. The number of sulfonamides is 1. The van der Waals surface area contributed by atoms with Crippen LogP contribution in [0.25, 0.3) is 0 Å². The van der Waals surface area contributed by atoms with Crippen molar-refractivity contribution in [3.63, 3.8) is 0 Å². The molecule has 2 fully saturated rings. The third kappa shape index (κ3) is 3.47. The fraction of sp³-hybridized carbons (Fsp3) is 0.450. The molecule has 28 heavy (non-hydrogen) atoms. The number of morpholine rings is 1. The zero-order valence-corrected chi connectivity index (χ0v) is 16.7. The molecule has 1 unspecified atom stereocenters. The first kappa shape index (κ1) is 19.2. The molecule has 7 nitrogen and oxygen atoms in total. The molecule has 2 saturated heterocycles. The molecule has 2 aliphatic heterocycles. The van der Waals surface area contributed by atoms with E-state index in [1.807, 2.05) is 19.1 Å². The van der Waals surface area contributed by atoms with Gasteiger partial charge in [0.15, 0.2) is 0 Å². The number of amides is 1. The van der Waals surface area contributed by atoms with Gasteiger partial charge in [-0.3, -0.25) is 4.79 Å². The number of benzene rings is 1. The predicted molar refractivity (Wildman–Crippen MR) is 102 cm³/mol. The topological polar surface area (TPSA) is 80.1 Å². The van der Waals surface area contributed by atoms with Gasteiger partial charge in [0.05, 0.1) is 30.4 Å². The number of rotatable bonds is 4. The van der Waals surface area contributed by atoms with Crippen molar-refractivity contribution >= 4 is 15.9 Å². The van der Waals surface area contributed by atoms with Crippen LogP contribution >= 0.6 is 0 Å². The minimum Gasteiger partial charge on any atom is -0.467 e. The fourth-order valence-corrected chi connectivity index (χ4v) is 5.30. The van der Waals surface area contributed by atoms with Crippen LogP contribution < -0.4 is 0 Å². The Balaban J connectivity index is 1.64. The average molecular weight is 404 g/mol. The summed E-state index contributed by atoms with van der Waals surface area (Å²) in [5.41, 5.74) is 1.18. The van der Waals surface area contributed by atoms with Crippen molar-refractivity contribution in [2.24, 2.45) is 0 Å². The molecule has 0 aliphatic carbocycles. The van der Waals surface area contributed by atoms with Crippen molar-refractivity contribution in [1.82, 2.24) is 9.21 Å². The van der Waals surface area contributed by atoms with Crippen molar-refractivity contribution < 1.29 is 22.4 Å². The van der Waals surface area contributed by atoms with Gasteiger partial charge in [-0.05, 0) is 49.6 Å². The van der Waals surface area contributed by atoms with Gasteiger partial charge >= 0.3 is 0 Å². The van der Waals surface area contributed by atoms with Crippen LogP contribution in [0.4, 0.5) is 0 Å². The summed E-state index contributed by atoms with van der Waals surface area (Å²) in [7, 11) is -3.65. The van der Waals surface area contributed by atoms with Crippen molar-refractivity contribution in [3.05, 3.63) is 53.5 Å². The van der Waals surface area contributed by atoms with Gasteiger partial charge < -0.3 is 14.1 Å². The summed E-state index contributed by atoms with van der Waals surface area (Å²) < 4.78 is 38.1. The highest BCUT2D eigenvalue weighted by atomic mass is 32.2. The number of aryl methyl sites for hydroxylation is 1. The largest absolute Gasteiger partial charge is 0.467 e. The molecule has 0 saturated carbocycles. The second-order valence-electron chi connectivity index (χ2n) is 7.17. The number of nitrogens with zero attached hydrogens (tertiary/aromatic N) is 2. The van der Waals surface area contributed by atoms with Gasteiger partial charge in [-0.2, -0.15) is 4.31 Å². The smallest absolute Gasteiger partial charge is 0.254 e. The molecule has 0 spiro atoms. The van der Waals surface area contributed by atoms with Gasteiger partial charge in [-0.25, -0.2) is 8.42 Å². The number of likely N-dealkylation sites (tertiary alicyclic amines) is 1. The minimum absolute atomic E-state index is 0.110. The second kappa shape index (κ2) is 7.69. The number of carbonyl (C=O) groups excluding carboxylic acids is 1. The van der Waals surface area contributed by atoms with Crippen LogP contribution in [0.2, 0.25) is 0 Å². The first-order valence-electron chi connectivity index (χ1n) is 9.51. The Kier molecular flexibility index (Phi) is 5.27. The van der Waals surface area contributed by atoms with Crippen LogP contribution in [-0.4, -0.2) is 56.4 Å². The summed E-state index contributed by atoms with van der Waals surface area (Å²) >= 11 is 0. The molecule has 2 aromatic rings. The van der Waals surface area contributed by atoms with E-state index in [0.29, 0.717) is 38.4 Å². The average Bonchev–Trinajstić information content (AvgIpc) is 3.40. The lowest BCUT2D eigenvalue weighted by Gasteiger charge is -2.27. The van der Waals surface area contributed by atoms with Gasteiger partial charge in [-0.1, -0.05) is 6.07 Å². The number of carbonyl (C=O) groups is 1. The molecule has 0 radical (unpaired) electrons. The highest BCUT2D eigenvalue weighted by Gasteiger charge is 2.34. The molecule has 8 heteroatoms. The first-order chi connectivity index (χ1) is 13.5. The highest BCUT2D eigenvalue weighted by molar-refractivity contribution is 7.89. The highest BCUT2D eigenvalue weighted by Crippen LogP contribution is 2.34. The summed E-state index contributed by atoms with van der Waals surface area (Å²) in [5.74, 6) is 0.607. The monoisotopic (exact) mass is 404 g/mol. The molecule has 0 bridgehead atoms. The van der Waals surface area contributed by atoms with Crippen LogP contribution in [0.3, 0.4) is 0 Å². The summed E-state index contributed by atoms with van der Waals surface area (Å²) in [4.78, 5) is 15.2. The molecular formula is C20H24N2O5S. The van der Waals surface area contributed by atoms with E-state index in [1.54, 1.807) is 23.3 Å². The maximum Gasteiger partial charge on any atom is 0.254 e. The first-order valence-corrected chi connectivity index (χ1v) is 11.0. The van der Waals surface area contributed by atoms with Gasteiger partial charge in [0, 0.05) is 25.2 Å². The summed E-state index contributed by atoms with van der Waals surface area (Å²) in [6.07, 6.45) is 3.34. The summed E-state index contributed by atoms with van der Waals surface area (Å²) in [6.45, 7) is 3.88. The van der Waals surface area contributed by atoms with Crippen LogP contribution in [0.15, 0.2) is 45.9 Å². The molecule has 3 heterocycles. The lowest BCUT2D eigenvalue weighted by atomic mass is 10.1. The number of ether oxygens (including phenoxy) is 1. The molecule has 2 aliphatic rings. The van der Waals surface area contributed by atoms with Gasteiger partial charge in [0.2, 0.25) is 10.0 Å². The number of hydrogen-bond donors (Lipinski definition) is 0. The van der Waals surface area contributed by atoms with Gasteiger partial charge in [0.1, 0.15) is 5.76 Å². The maximum absolute atomic E-state index is 13.3. The van der Waals surface area contributed by atoms with Crippen molar-refractivity contribution in [1.29, 1.82) is 0 Å².